The number of esters is 1. The third kappa shape index (κ3) is 8.62. The Labute approximate surface area is 115 Å². The van der Waals surface area contributed by atoms with Gasteiger partial charge >= 0.3 is 11.9 Å². The molecule has 0 aromatic heterocycles. The molecule has 0 saturated carbocycles. The highest BCUT2D eigenvalue weighted by atomic mass is 33.1. The Kier molecular flexibility index (Phi) is 7.69. The van der Waals surface area contributed by atoms with Crippen LogP contribution in [0.4, 0.5) is 0 Å². The van der Waals surface area contributed by atoms with Crippen LogP contribution in [0.15, 0.2) is 0 Å². The second kappa shape index (κ2) is 7.88. The number of carboxylic acids is 1. The van der Waals surface area contributed by atoms with Crippen molar-refractivity contribution >= 4 is 33.5 Å². The van der Waals surface area contributed by atoms with Gasteiger partial charge in [0.25, 0.3) is 0 Å². The van der Waals surface area contributed by atoms with Gasteiger partial charge < -0.3 is 21.3 Å². The molecule has 0 aromatic carbocycles. The molecule has 0 radical (unpaired) electrons. The SMILES string of the molecule is CC(C)(C)OC(=O)[C@@H](N)CSSC[C@H](N)C(=O)O. The van der Waals surface area contributed by atoms with Crippen molar-refractivity contribution in [1.82, 2.24) is 0 Å². The first kappa shape index (κ1) is 17.6. The Hall–Kier alpha value is -0.440. The number of rotatable bonds is 7. The van der Waals surface area contributed by atoms with Crippen LogP contribution in [-0.2, 0) is 14.3 Å². The van der Waals surface area contributed by atoms with Gasteiger partial charge in [0.05, 0.1) is 0 Å². The molecule has 6 nitrogen and oxygen atoms in total. The first-order valence-electron chi connectivity index (χ1n) is 5.34. The predicted molar refractivity (Wildman–Crippen MR) is 74.3 cm³/mol. The lowest BCUT2D eigenvalue weighted by molar-refractivity contribution is -0.155. The number of hydrogen-bond donors (Lipinski definition) is 3. The molecule has 2 atom stereocenters. The fourth-order valence-corrected chi connectivity index (χ4v) is 2.98. The lowest BCUT2D eigenvalue weighted by Gasteiger charge is -2.21. The van der Waals surface area contributed by atoms with Crippen molar-refractivity contribution in [1.29, 1.82) is 0 Å². The highest BCUT2D eigenvalue weighted by Gasteiger charge is 2.22. The quantitative estimate of drug-likeness (QED) is 0.352. The van der Waals surface area contributed by atoms with Gasteiger partial charge in [-0.3, -0.25) is 9.59 Å². The van der Waals surface area contributed by atoms with Gasteiger partial charge in [-0.1, -0.05) is 21.6 Å². The third-order valence-corrected chi connectivity index (χ3v) is 4.08. The second-order valence-electron chi connectivity index (χ2n) is 4.65. The zero-order valence-electron chi connectivity index (χ0n) is 10.7. The van der Waals surface area contributed by atoms with E-state index in [0.29, 0.717) is 5.75 Å². The first-order chi connectivity index (χ1) is 8.13. The van der Waals surface area contributed by atoms with Crippen molar-refractivity contribution in [2.45, 2.75) is 38.5 Å². The van der Waals surface area contributed by atoms with Gasteiger partial charge in [0, 0.05) is 11.5 Å². The third-order valence-electron chi connectivity index (χ3n) is 1.61. The molecule has 5 N–H and O–H groups in total. The monoisotopic (exact) mass is 296 g/mol. The zero-order valence-corrected chi connectivity index (χ0v) is 12.3. The number of ether oxygens (including phenoxy) is 1. The van der Waals surface area contributed by atoms with Crippen LogP contribution in [-0.4, -0.2) is 46.2 Å². The Morgan fingerprint density at radius 3 is 2.00 bits per heavy atom. The van der Waals surface area contributed by atoms with Crippen molar-refractivity contribution in [2.24, 2.45) is 11.5 Å². The molecule has 0 aliphatic heterocycles. The molecule has 0 rings (SSSR count). The number of aliphatic carboxylic acids is 1. The van der Waals surface area contributed by atoms with E-state index in [1.54, 1.807) is 20.8 Å². The van der Waals surface area contributed by atoms with Crippen LogP contribution in [0.1, 0.15) is 20.8 Å². The maximum absolute atomic E-state index is 11.5. The number of hydrogen-bond acceptors (Lipinski definition) is 7. The molecule has 0 amide bonds. The Bertz CT molecular complexity index is 294. The van der Waals surface area contributed by atoms with Crippen LogP contribution in [0.2, 0.25) is 0 Å². The number of carboxylic acid groups (broad SMARTS) is 1. The molecule has 0 heterocycles. The van der Waals surface area contributed by atoms with E-state index in [9.17, 15) is 9.59 Å². The van der Waals surface area contributed by atoms with Crippen molar-refractivity contribution in [3.8, 4) is 0 Å². The van der Waals surface area contributed by atoms with E-state index in [1.807, 2.05) is 0 Å². The summed E-state index contributed by atoms with van der Waals surface area (Å²) in [5.74, 6) is -0.884. The van der Waals surface area contributed by atoms with Gasteiger partial charge in [-0.2, -0.15) is 0 Å². The van der Waals surface area contributed by atoms with Crippen LogP contribution < -0.4 is 11.5 Å². The van der Waals surface area contributed by atoms with E-state index in [0.717, 1.165) is 0 Å². The highest BCUT2D eigenvalue weighted by molar-refractivity contribution is 8.76. The lowest BCUT2D eigenvalue weighted by atomic mass is 10.2. The molecular weight excluding hydrogens is 276 g/mol. The van der Waals surface area contributed by atoms with E-state index in [2.05, 4.69) is 0 Å². The van der Waals surface area contributed by atoms with Crippen molar-refractivity contribution in [2.75, 3.05) is 11.5 Å². The van der Waals surface area contributed by atoms with Gasteiger partial charge in [-0.25, -0.2) is 0 Å². The topological polar surface area (TPSA) is 116 Å². The molecule has 0 spiro atoms. The smallest absolute Gasteiger partial charge is 0.324 e. The van der Waals surface area contributed by atoms with Crippen molar-refractivity contribution in [3.05, 3.63) is 0 Å². The highest BCUT2D eigenvalue weighted by Crippen LogP contribution is 2.22. The zero-order chi connectivity index (χ0) is 14.3. The van der Waals surface area contributed by atoms with Crippen LogP contribution in [0.25, 0.3) is 0 Å². The molecule has 0 aliphatic carbocycles. The van der Waals surface area contributed by atoms with Crippen LogP contribution in [0, 0.1) is 0 Å². The average Bonchev–Trinajstić information content (AvgIpc) is 2.20. The minimum absolute atomic E-state index is 0.265. The van der Waals surface area contributed by atoms with Crippen molar-refractivity contribution < 1.29 is 19.4 Å². The maximum atomic E-state index is 11.5. The lowest BCUT2D eigenvalue weighted by Crippen LogP contribution is -2.39. The minimum Gasteiger partial charge on any atom is -0.480 e. The molecule has 0 aromatic rings. The van der Waals surface area contributed by atoms with Gasteiger partial charge in [0.15, 0.2) is 0 Å². The summed E-state index contributed by atoms with van der Waals surface area (Å²) in [5.41, 5.74) is 10.4. The van der Waals surface area contributed by atoms with E-state index < -0.39 is 29.6 Å². The van der Waals surface area contributed by atoms with Gasteiger partial charge in [-0.15, -0.1) is 0 Å². The molecule has 8 heteroatoms. The molecule has 18 heavy (non-hydrogen) atoms. The fraction of sp³-hybridized carbons (Fsp3) is 0.800. The van der Waals surface area contributed by atoms with E-state index in [1.165, 1.54) is 21.6 Å². The second-order valence-corrected chi connectivity index (χ2v) is 7.21. The molecule has 0 unspecified atom stereocenters. The van der Waals surface area contributed by atoms with Crippen LogP contribution in [0.5, 0.6) is 0 Å². The molecule has 106 valence electrons. The largest absolute Gasteiger partial charge is 0.480 e. The molecule has 0 bridgehead atoms. The van der Waals surface area contributed by atoms with Gasteiger partial charge in [0.2, 0.25) is 0 Å². The molecule has 0 saturated heterocycles. The van der Waals surface area contributed by atoms with Gasteiger partial charge in [-0.05, 0) is 20.8 Å². The summed E-state index contributed by atoms with van der Waals surface area (Å²) in [6.07, 6.45) is 0. The normalized spacial score (nSPS) is 14.9. The summed E-state index contributed by atoms with van der Waals surface area (Å²) in [4.78, 5) is 22.0. The first-order valence-corrected chi connectivity index (χ1v) is 7.83. The van der Waals surface area contributed by atoms with Crippen LogP contribution >= 0.6 is 21.6 Å². The summed E-state index contributed by atoms with van der Waals surface area (Å²) in [6.45, 7) is 5.31. The Balaban J connectivity index is 3.80. The number of carbonyl (C=O) groups is 2. The molecule has 0 fully saturated rings. The summed E-state index contributed by atoms with van der Waals surface area (Å²) in [5, 5.41) is 8.56. The standard InChI is InChI=1S/C10H20N2O4S2/c1-10(2,3)16-9(15)7(12)5-18-17-4-6(11)8(13)14/h6-7H,4-5,11-12H2,1-3H3,(H,13,14)/t6-,7-/m0/s1. The summed E-state index contributed by atoms with van der Waals surface area (Å²) in [7, 11) is 2.59. The fourth-order valence-electron chi connectivity index (χ4n) is 0.760. The molecular formula is C10H20N2O4S2. The van der Waals surface area contributed by atoms with Gasteiger partial charge in [0.1, 0.15) is 17.7 Å². The number of nitrogens with two attached hydrogens (primary N) is 2. The summed E-state index contributed by atoms with van der Waals surface area (Å²) >= 11 is 0. The Morgan fingerprint density at radius 1 is 1.17 bits per heavy atom. The van der Waals surface area contributed by atoms with E-state index >= 15 is 0 Å². The van der Waals surface area contributed by atoms with E-state index in [4.69, 9.17) is 21.3 Å². The average molecular weight is 296 g/mol. The Morgan fingerprint density at radius 2 is 1.61 bits per heavy atom. The van der Waals surface area contributed by atoms with E-state index in [-0.39, 0.29) is 5.75 Å². The number of carbonyl (C=O) groups excluding carboxylic acids is 1. The summed E-state index contributed by atoms with van der Waals surface area (Å²) < 4.78 is 5.11. The predicted octanol–water partition coefficient (Wildman–Crippen LogP) is 0.449. The molecule has 0 aliphatic rings. The maximum Gasteiger partial charge on any atom is 0.324 e. The summed E-state index contributed by atoms with van der Waals surface area (Å²) in [6, 6.07) is -1.62. The minimum atomic E-state index is -1.04. The van der Waals surface area contributed by atoms with Crippen LogP contribution in [0.3, 0.4) is 0 Å². The van der Waals surface area contributed by atoms with Crippen molar-refractivity contribution in [3.63, 3.8) is 0 Å².